The molecule has 3 aromatic heterocycles. The van der Waals surface area contributed by atoms with E-state index in [0.717, 1.165) is 19.0 Å². The van der Waals surface area contributed by atoms with Crippen LogP contribution in [0.15, 0.2) is 44.0 Å². The van der Waals surface area contributed by atoms with E-state index in [9.17, 15) is 0 Å². The van der Waals surface area contributed by atoms with Crippen LogP contribution in [0, 0.1) is 0 Å². The summed E-state index contributed by atoms with van der Waals surface area (Å²) in [4.78, 5) is 0. The molecule has 4 rings (SSSR count). The second-order valence-corrected chi connectivity index (χ2v) is 9.43. The monoisotopic (exact) mass is 441 g/mol. The third kappa shape index (κ3) is 2.16. The summed E-state index contributed by atoms with van der Waals surface area (Å²) in [6.45, 7) is 0. The standard InChI is InChI=1S/C15H9Br2NOS2/c1-19-9-4-2-8(3-5-9)18-10-6-12(16)20-14(10)15-11(18)7-13(17)21-15/h2-7H,1H3. The summed E-state index contributed by atoms with van der Waals surface area (Å²) in [6, 6.07) is 12.5. The number of fused-ring (bicyclic) bond motifs is 3. The SMILES string of the molecule is COc1ccc(-n2c3cc(Br)sc3c3sc(Br)cc32)cc1. The number of hydrogen-bond donors (Lipinski definition) is 0. The van der Waals surface area contributed by atoms with Gasteiger partial charge in [-0.05, 0) is 68.3 Å². The average molecular weight is 443 g/mol. The van der Waals surface area contributed by atoms with Crippen LogP contribution in [0.25, 0.3) is 26.1 Å². The van der Waals surface area contributed by atoms with Gasteiger partial charge in [0.2, 0.25) is 0 Å². The van der Waals surface area contributed by atoms with Crippen molar-refractivity contribution in [3.05, 3.63) is 44.0 Å². The van der Waals surface area contributed by atoms with Gasteiger partial charge < -0.3 is 9.30 Å². The molecule has 4 aromatic rings. The summed E-state index contributed by atoms with van der Waals surface area (Å²) in [5, 5.41) is 0. The summed E-state index contributed by atoms with van der Waals surface area (Å²) in [6.07, 6.45) is 0. The van der Waals surface area contributed by atoms with Gasteiger partial charge in [0.25, 0.3) is 0 Å². The van der Waals surface area contributed by atoms with E-state index in [-0.39, 0.29) is 0 Å². The molecule has 6 heteroatoms. The highest BCUT2D eigenvalue weighted by Crippen LogP contribution is 2.44. The maximum atomic E-state index is 5.25. The van der Waals surface area contributed by atoms with Crippen molar-refractivity contribution in [1.29, 1.82) is 0 Å². The molecule has 21 heavy (non-hydrogen) atoms. The van der Waals surface area contributed by atoms with Crippen LogP contribution in [0.3, 0.4) is 0 Å². The molecule has 106 valence electrons. The number of thiophene rings is 2. The molecule has 0 atom stereocenters. The zero-order valence-corrected chi connectivity index (χ0v) is 15.7. The van der Waals surface area contributed by atoms with Gasteiger partial charge >= 0.3 is 0 Å². The minimum Gasteiger partial charge on any atom is -0.497 e. The molecule has 0 fully saturated rings. The number of rotatable bonds is 2. The van der Waals surface area contributed by atoms with Gasteiger partial charge in [-0.1, -0.05) is 0 Å². The number of nitrogens with zero attached hydrogens (tertiary/aromatic N) is 1. The number of methoxy groups -OCH3 is 1. The first kappa shape index (κ1) is 13.8. The van der Waals surface area contributed by atoms with Crippen molar-refractivity contribution >= 4 is 75.0 Å². The molecular formula is C15H9Br2NOS2. The van der Waals surface area contributed by atoms with E-state index in [4.69, 9.17) is 4.74 Å². The maximum absolute atomic E-state index is 5.25. The van der Waals surface area contributed by atoms with Crippen molar-refractivity contribution in [3.63, 3.8) is 0 Å². The molecule has 3 heterocycles. The molecule has 2 nitrogen and oxygen atoms in total. The molecule has 0 N–H and O–H groups in total. The molecule has 0 saturated carbocycles. The molecule has 1 aromatic carbocycles. The van der Waals surface area contributed by atoms with Gasteiger partial charge in [0, 0.05) is 5.69 Å². The van der Waals surface area contributed by atoms with Crippen molar-refractivity contribution in [3.8, 4) is 11.4 Å². The van der Waals surface area contributed by atoms with Crippen molar-refractivity contribution in [2.75, 3.05) is 7.11 Å². The van der Waals surface area contributed by atoms with Gasteiger partial charge in [-0.3, -0.25) is 0 Å². The van der Waals surface area contributed by atoms with Crippen LogP contribution in [0.2, 0.25) is 0 Å². The Morgan fingerprint density at radius 3 is 1.90 bits per heavy atom. The molecule has 0 aliphatic heterocycles. The predicted molar refractivity (Wildman–Crippen MR) is 98.5 cm³/mol. The first-order chi connectivity index (χ1) is 10.2. The van der Waals surface area contributed by atoms with Crippen molar-refractivity contribution in [1.82, 2.24) is 4.57 Å². The fraction of sp³-hybridized carbons (Fsp3) is 0.0667. The first-order valence-electron chi connectivity index (χ1n) is 6.20. The Bertz CT molecular complexity index is 896. The number of hydrogen-bond acceptors (Lipinski definition) is 3. The van der Waals surface area contributed by atoms with E-state index in [1.807, 2.05) is 12.1 Å². The fourth-order valence-corrected chi connectivity index (χ4v) is 5.79. The molecule has 0 unspecified atom stereocenters. The highest BCUT2D eigenvalue weighted by Gasteiger charge is 2.17. The van der Waals surface area contributed by atoms with Crippen molar-refractivity contribution < 1.29 is 4.74 Å². The predicted octanol–water partition coefficient (Wildman–Crippen LogP) is 6.44. The first-order valence-corrected chi connectivity index (χ1v) is 9.42. The van der Waals surface area contributed by atoms with Gasteiger partial charge in [-0.25, -0.2) is 0 Å². The topological polar surface area (TPSA) is 14.2 Å². The van der Waals surface area contributed by atoms with Gasteiger partial charge in [0.15, 0.2) is 0 Å². The number of benzene rings is 1. The zero-order valence-electron chi connectivity index (χ0n) is 10.9. The number of ether oxygens (including phenoxy) is 1. The average Bonchev–Trinajstić information content (AvgIpc) is 3.09. The van der Waals surface area contributed by atoms with E-state index in [1.165, 1.54) is 20.4 Å². The second kappa shape index (κ2) is 5.12. The number of halogens is 2. The maximum Gasteiger partial charge on any atom is 0.119 e. The zero-order chi connectivity index (χ0) is 14.6. The largest absolute Gasteiger partial charge is 0.497 e. The van der Waals surface area contributed by atoms with Gasteiger partial charge in [-0.2, -0.15) is 0 Å². The summed E-state index contributed by atoms with van der Waals surface area (Å²) < 4.78 is 12.5. The van der Waals surface area contributed by atoms with E-state index < -0.39 is 0 Å². The van der Waals surface area contributed by atoms with Crippen LogP contribution in [0.5, 0.6) is 5.75 Å². The Morgan fingerprint density at radius 2 is 1.43 bits per heavy atom. The third-order valence-electron chi connectivity index (χ3n) is 3.38. The van der Waals surface area contributed by atoms with E-state index >= 15 is 0 Å². The van der Waals surface area contributed by atoms with E-state index in [1.54, 1.807) is 29.8 Å². The smallest absolute Gasteiger partial charge is 0.119 e. The summed E-state index contributed by atoms with van der Waals surface area (Å²) in [5.41, 5.74) is 3.63. The third-order valence-corrected chi connectivity index (χ3v) is 6.80. The van der Waals surface area contributed by atoms with Crippen LogP contribution >= 0.6 is 54.5 Å². The van der Waals surface area contributed by atoms with E-state index in [2.05, 4.69) is 60.7 Å². The van der Waals surface area contributed by atoms with Gasteiger partial charge in [0.1, 0.15) is 5.75 Å². The Morgan fingerprint density at radius 1 is 0.905 bits per heavy atom. The summed E-state index contributed by atoms with van der Waals surface area (Å²) >= 11 is 10.8. The molecule has 0 aliphatic carbocycles. The van der Waals surface area contributed by atoms with Crippen LogP contribution in [0.4, 0.5) is 0 Å². The minimum atomic E-state index is 0.872. The lowest BCUT2D eigenvalue weighted by atomic mass is 10.3. The molecule has 0 amide bonds. The van der Waals surface area contributed by atoms with Crippen LogP contribution in [0.1, 0.15) is 0 Å². The van der Waals surface area contributed by atoms with Gasteiger partial charge in [-0.15, -0.1) is 22.7 Å². The lowest BCUT2D eigenvalue weighted by molar-refractivity contribution is 0.415. The highest BCUT2D eigenvalue weighted by molar-refractivity contribution is 9.11. The summed E-state index contributed by atoms with van der Waals surface area (Å²) in [7, 11) is 1.69. The minimum absolute atomic E-state index is 0.872. The fourth-order valence-electron chi connectivity index (χ4n) is 2.50. The van der Waals surface area contributed by atoms with Crippen LogP contribution < -0.4 is 4.74 Å². The molecule has 0 aliphatic rings. The summed E-state index contributed by atoms with van der Waals surface area (Å²) in [5.74, 6) is 0.872. The van der Waals surface area contributed by atoms with E-state index in [0.29, 0.717) is 0 Å². The highest BCUT2D eigenvalue weighted by atomic mass is 79.9. The lowest BCUT2D eigenvalue weighted by Crippen LogP contribution is -1.92. The quantitative estimate of drug-likeness (QED) is 0.348. The Hall–Kier alpha value is -0.820. The molecular weight excluding hydrogens is 434 g/mol. The Kier molecular flexibility index (Phi) is 3.37. The van der Waals surface area contributed by atoms with Gasteiger partial charge in [0.05, 0.1) is 35.1 Å². The number of aromatic nitrogens is 1. The van der Waals surface area contributed by atoms with Crippen LogP contribution in [-0.4, -0.2) is 11.7 Å². The van der Waals surface area contributed by atoms with Crippen LogP contribution in [-0.2, 0) is 0 Å². The lowest BCUT2D eigenvalue weighted by Gasteiger charge is -2.07. The Balaban J connectivity index is 2.07. The second-order valence-electron chi connectivity index (χ2n) is 4.56. The molecule has 0 saturated heterocycles. The van der Waals surface area contributed by atoms with Crippen molar-refractivity contribution in [2.24, 2.45) is 0 Å². The molecule has 0 spiro atoms. The van der Waals surface area contributed by atoms with Crippen molar-refractivity contribution in [2.45, 2.75) is 0 Å². The molecule has 0 radical (unpaired) electrons. The molecule has 0 bridgehead atoms. The normalized spacial score (nSPS) is 11.6. The Labute approximate surface area is 146 Å².